The first-order chi connectivity index (χ1) is 10.2. The van der Waals surface area contributed by atoms with Crippen LogP contribution in [0.1, 0.15) is 57.4 Å². The molecule has 0 aliphatic carbocycles. The maximum Gasteiger partial charge on any atom is 0.245 e. The monoisotopic (exact) mass is 287 g/mol. The summed E-state index contributed by atoms with van der Waals surface area (Å²) in [5.41, 5.74) is 1.39. The van der Waals surface area contributed by atoms with Gasteiger partial charge in [-0.1, -0.05) is 63.6 Å². The maximum atomic E-state index is 11.9. The van der Waals surface area contributed by atoms with Crippen molar-refractivity contribution in [2.24, 2.45) is 0 Å². The SMILES string of the molecule is C=CC(=O)N(CCCC)CCC(CCC)c1ccccc1. The van der Waals surface area contributed by atoms with E-state index in [1.807, 2.05) is 4.90 Å². The predicted octanol–water partition coefficient (Wildman–Crippen LogP) is 4.78. The van der Waals surface area contributed by atoms with Crippen molar-refractivity contribution in [3.63, 3.8) is 0 Å². The summed E-state index contributed by atoms with van der Waals surface area (Å²) < 4.78 is 0. The summed E-state index contributed by atoms with van der Waals surface area (Å²) in [6.07, 6.45) is 6.98. The lowest BCUT2D eigenvalue weighted by atomic mass is 9.91. The third kappa shape index (κ3) is 6.16. The van der Waals surface area contributed by atoms with Crippen LogP contribution in [0.15, 0.2) is 43.0 Å². The second-order valence-electron chi connectivity index (χ2n) is 5.57. The summed E-state index contributed by atoms with van der Waals surface area (Å²) in [4.78, 5) is 13.9. The molecule has 1 unspecified atom stereocenters. The number of hydrogen-bond donors (Lipinski definition) is 0. The third-order valence-electron chi connectivity index (χ3n) is 3.92. The predicted molar refractivity (Wildman–Crippen MR) is 90.4 cm³/mol. The Hall–Kier alpha value is -1.57. The minimum atomic E-state index is 0.0618. The zero-order valence-corrected chi connectivity index (χ0v) is 13.6. The lowest BCUT2D eigenvalue weighted by Gasteiger charge is -2.24. The summed E-state index contributed by atoms with van der Waals surface area (Å²) >= 11 is 0. The Labute approximate surface area is 129 Å². The number of nitrogens with zero attached hydrogens (tertiary/aromatic N) is 1. The molecule has 1 aromatic carbocycles. The Bertz CT molecular complexity index is 413. The minimum Gasteiger partial charge on any atom is -0.339 e. The van der Waals surface area contributed by atoms with Crippen molar-refractivity contribution < 1.29 is 4.79 Å². The van der Waals surface area contributed by atoms with Gasteiger partial charge in [-0.05, 0) is 36.8 Å². The lowest BCUT2D eigenvalue weighted by Crippen LogP contribution is -2.32. The van der Waals surface area contributed by atoms with Gasteiger partial charge in [-0.3, -0.25) is 4.79 Å². The number of benzene rings is 1. The van der Waals surface area contributed by atoms with E-state index in [1.165, 1.54) is 24.5 Å². The first-order valence-electron chi connectivity index (χ1n) is 8.19. The van der Waals surface area contributed by atoms with Crippen LogP contribution >= 0.6 is 0 Å². The molecule has 0 aliphatic heterocycles. The van der Waals surface area contributed by atoms with Gasteiger partial charge in [0.2, 0.25) is 5.91 Å². The smallest absolute Gasteiger partial charge is 0.245 e. The van der Waals surface area contributed by atoms with E-state index < -0.39 is 0 Å². The topological polar surface area (TPSA) is 20.3 Å². The Balaban J connectivity index is 2.65. The molecule has 1 rings (SSSR count). The van der Waals surface area contributed by atoms with Crippen LogP contribution in [-0.4, -0.2) is 23.9 Å². The number of unbranched alkanes of at least 4 members (excludes halogenated alkanes) is 1. The third-order valence-corrected chi connectivity index (χ3v) is 3.92. The van der Waals surface area contributed by atoms with Gasteiger partial charge in [-0.2, -0.15) is 0 Å². The van der Waals surface area contributed by atoms with Crippen LogP contribution in [0.5, 0.6) is 0 Å². The number of rotatable bonds is 10. The van der Waals surface area contributed by atoms with E-state index in [-0.39, 0.29) is 5.91 Å². The lowest BCUT2D eigenvalue weighted by molar-refractivity contribution is -0.126. The van der Waals surface area contributed by atoms with Crippen molar-refractivity contribution in [3.8, 4) is 0 Å². The van der Waals surface area contributed by atoms with Gasteiger partial charge in [0.05, 0.1) is 0 Å². The van der Waals surface area contributed by atoms with Crippen molar-refractivity contribution in [2.45, 2.75) is 51.9 Å². The highest BCUT2D eigenvalue weighted by Crippen LogP contribution is 2.25. The molecular formula is C19H29NO. The van der Waals surface area contributed by atoms with Crippen molar-refractivity contribution >= 4 is 5.91 Å². The van der Waals surface area contributed by atoms with E-state index in [1.54, 1.807) is 0 Å². The molecule has 1 aromatic rings. The molecule has 0 spiro atoms. The van der Waals surface area contributed by atoms with Gasteiger partial charge in [0.1, 0.15) is 0 Å². The van der Waals surface area contributed by atoms with E-state index in [9.17, 15) is 4.79 Å². The van der Waals surface area contributed by atoms with Gasteiger partial charge in [0.25, 0.3) is 0 Å². The zero-order valence-electron chi connectivity index (χ0n) is 13.6. The van der Waals surface area contributed by atoms with Gasteiger partial charge < -0.3 is 4.90 Å². The number of carbonyl (C=O) groups excluding carboxylic acids is 1. The molecule has 0 saturated heterocycles. The Kier molecular flexibility index (Phi) is 8.49. The molecule has 0 radical (unpaired) electrons. The van der Waals surface area contributed by atoms with Gasteiger partial charge in [0, 0.05) is 13.1 Å². The highest BCUT2D eigenvalue weighted by atomic mass is 16.2. The van der Waals surface area contributed by atoms with Gasteiger partial charge in [-0.25, -0.2) is 0 Å². The molecule has 0 heterocycles. The normalized spacial score (nSPS) is 11.9. The highest BCUT2D eigenvalue weighted by Gasteiger charge is 2.15. The average molecular weight is 287 g/mol. The summed E-state index contributed by atoms with van der Waals surface area (Å²) in [5, 5.41) is 0. The number of carbonyl (C=O) groups is 1. The fourth-order valence-electron chi connectivity index (χ4n) is 2.67. The van der Waals surface area contributed by atoms with Crippen LogP contribution in [0.2, 0.25) is 0 Å². The van der Waals surface area contributed by atoms with Crippen LogP contribution in [0.3, 0.4) is 0 Å². The van der Waals surface area contributed by atoms with Crippen molar-refractivity contribution in [1.82, 2.24) is 4.90 Å². The van der Waals surface area contributed by atoms with Gasteiger partial charge >= 0.3 is 0 Å². The molecule has 0 bridgehead atoms. The van der Waals surface area contributed by atoms with Crippen molar-refractivity contribution in [2.75, 3.05) is 13.1 Å². The van der Waals surface area contributed by atoms with E-state index >= 15 is 0 Å². The van der Waals surface area contributed by atoms with Crippen molar-refractivity contribution in [1.29, 1.82) is 0 Å². The van der Waals surface area contributed by atoms with Crippen LogP contribution < -0.4 is 0 Å². The summed E-state index contributed by atoms with van der Waals surface area (Å²) in [6.45, 7) is 9.66. The summed E-state index contributed by atoms with van der Waals surface area (Å²) in [5.74, 6) is 0.602. The summed E-state index contributed by atoms with van der Waals surface area (Å²) in [7, 11) is 0. The first-order valence-corrected chi connectivity index (χ1v) is 8.19. The number of hydrogen-bond acceptors (Lipinski definition) is 1. The first kappa shape index (κ1) is 17.5. The molecule has 1 atom stereocenters. The molecule has 0 saturated carbocycles. The quantitative estimate of drug-likeness (QED) is 0.567. The fraction of sp³-hybridized carbons (Fsp3) is 0.526. The molecule has 0 fully saturated rings. The van der Waals surface area contributed by atoms with Crippen LogP contribution in [0.4, 0.5) is 0 Å². The van der Waals surface area contributed by atoms with Gasteiger partial charge in [-0.15, -0.1) is 0 Å². The van der Waals surface area contributed by atoms with E-state index in [0.29, 0.717) is 5.92 Å². The molecule has 0 aromatic heterocycles. The molecule has 0 aliphatic rings. The standard InChI is InChI=1S/C19H29NO/c1-4-7-15-20(19(21)6-3)16-14-17(11-5-2)18-12-9-8-10-13-18/h6,8-10,12-13,17H,3-5,7,11,14-16H2,1-2H3. The zero-order chi connectivity index (χ0) is 15.5. The van der Waals surface area contributed by atoms with Gasteiger partial charge in [0.15, 0.2) is 0 Å². The second-order valence-corrected chi connectivity index (χ2v) is 5.57. The maximum absolute atomic E-state index is 11.9. The molecule has 116 valence electrons. The molecule has 0 N–H and O–H groups in total. The van der Waals surface area contributed by atoms with Crippen LogP contribution in [-0.2, 0) is 4.79 Å². The van der Waals surface area contributed by atoms with Crippen LogP contribution in [0, 0.1) is 0 Å². The van der Waals surface area contributed by atoms with Crippen LogP contribution in [0.25, 0.3) is 0 Å². The second kappa shape index (κ2) is 10.2. The molecular weight excluding hydrogens is 258 g/mol. The highest BCUT2D eigenvalue weighted by molar-refractivity contribution is 5.86. The average Bonchev–Trinajstić information content (AvgIpc) is 2.54. The molecule has 2 nitrogen and oxygen atoms in total. The van der Waals surface area contributed by atoms with E-state index in [4.69, 9.17) is 0 Å². The fourth-order valence-corrected chi connectivity index (χ4v) is 2.67. The molecule has 1 amide bonds. The summed E-state index contributed by atoms with van der Waals surface area (Å²) in [6, 6.07) is 10.7. The van der Waals surface area contributed by atoms with Crippen molar-refractivity contribution in [3.05, 3.63) is 48.6 Å². The van der Waals surface area contributed by atoms with E-state index in [0.717, 1.165) is 32.4 Å². The Morgan fingerprint density at radius 2 is 1.86 bits per heavy atom. The molecule has 2 heteroatoms. The Morgan fingerprint density at radius 1 is 1.14 bits per heavy atom. The molecule has 21 heavy (non-hydrogen) atoms. The number of amides is 1. The largest absolute Gasteiger partial charge is 0.339 e. The van der Waals surface area contributed by atoms with E-state index in [2.05, 4.69) is 50.8 Å². The minimum absolute atomic E-state index is 0.0618. The Morgan fingerprint density at radius 3 is 2.43 bits per heavy atom.